The summed E-state index contributed by atoms with van der Waals surface area (Å²) >= 11 is 0. The Balaban J connectivity index is 2.61. The van der Waals surface area contributed by atoms with Crippen LogP contribution in [0.5, 0.6) is 0 Å². The van der Waals surface area contributed by atoms with Crippen LogP contribution in [0.2, 0.25) is 0 Å². The molecule has 2 atom stereocenters. The number of hydrogen-bond donors (Lipinski definition) is 0. The minimum Gasteiger partial charge on any atom is -0.468 e. The van der Waals surface area contributed by atoms with Crippen molar-refractivity contribution in [3.63, 3.8) is 0 Å². The molecule has 0 radical (unpaired) electrons. The van der Waals surface area contributed by atoms with Crippen molar-refractivity contribution in [3.05, 3.63) is 0 Å². The highest BCUT2D eigenvalue weighted by Crippen LogP contribution is 2.21. The molecule has 0 amide bonds. The van der Waals surface area contributed by atoms with Gasteiger partial charge in [0.05, 0.1) is 7.11 Å². The molecular formula is C11H21NO2. The summed E-state index contributed by atoms with van der Waals surface area (Å²) in [7, 11) is 1.47. The molecule has 0 aliphatic carbocycles. The first-order chi connectivity index (χ1) is 6.70. The summed E-state index contributed by atoms with van der Waals surface area (Å²) in [5.41, 5.74) is 0. The Labute approximate surface area is 86.4 Å². The summed E-state index contributed by atoms with van der Waals surface area (Å²) in [5.74, 6) is -0.0822. The number of carbonyl (C=O) groups excluding carboxylic acids is 1. The Morgan fingerprint density at radius 2 is 2.29 bits per heavy atom. The van der Waals surface area contributed by atoms with Gasteiger partial charge in [0.25, 0.3) is 0 Å². The van der Waals surface area contributed by atoms with E-state index in [1.165, 1.54) is 26.4 Å². The molecule has 1 saturated heterocycles. The predicted octanol–water partition coefficient (Wildman–Crippen LogP) is 1.81. The molecule has 1 rings (SSSR count). The molecule has 1 fully saturated rings. The van der Waals surface area contributed by atoms with E-state index in [4.69, 9.17) is 4.74 Å². The molecule has 0 aromatic carbocycles. The van der Waals surface area contributed by atoms with Gasteiger partial charge in [-0.1, -0.05) is 13.3 Å². The fourth-order valence-corrected chi connectivity index (χ4v) is 2.26. The lowest BCUT2D eigenvalue weighted by atomic mass is 10.00. The molecule has 1 heterocycles. The van der Waals surface area contributed by atoms with E-state index in [-0.39, 0.29) is 12.0 Å². The van der Waals surface area contributed by atoms with E-state index in [0.717, 1.165) is 13.0 Å². The highest BCUT2D eigenvalue weighted by Gasteiger charge is 2.30. The fraction of sp³-hybridized carbons (Fsp3) is 0.909. The van der Waals surface area contributed by atoms with Gasteiger partial charge in [0.1, 0.15) is 6.04 Å². The third kappa shape index (κ3) is 2.47. The number of methoxy groups -OCH3 is 1. The number of piperidine rings is 1. The second kappa shape index (κ2) is 5.35. The maximum Gasteiger partial charge on any atom is 0.323 e. The van der Waals surface area contributed by atoms with Crippen LogP contribution in [-0.4, -0.2) is 36.6 Å². The van der Waals surface area contributed by atoms with Gasteiger partial charge in [-0.2, -0.15) is 0 Å². The molecule has 3 nitrogen and oxygen atoms in total. The fourth-order valence-electron chi connectivity index (χ4n) is 2.26. The summed E-state index contributed by atoms with van der Waals surface area (Å²) in [4.78, 5) is 13.8. The van der Waals surface area contributed by atoms with Gasteiger partial charge in [-0.05, 0) is 32.7 Å². The zero-order valence-electron chi connectivity index (χ0n) is 9.45. The van der Waals surface area contributed by atoms with Crippen LogP contribution < -0.4 is 0 Å². The van der Waals surface area contributed by atoms with Crippen LogP contribution in [-0.2, 0) is 9.53 Å². The maximum absolute atomic E-state index is 11.5. The monoisotopic (exact) mass is 199 g/mol. The topological polar surface area (TPSA) is 29.5 Å². The van der Waals surface area contributed by atoms with Crippen molar-refractivity contribution >= 4 is 5.97 Å². The standard InChI is InChI=1S/C11H21NO2/c1-4-10(11(13)14-3)12-8-6-5-7-9(12)2/h9-10H,4-8H2,1-3H3/t9-,10-/m1/s1. The summed E-state index contributed by atoms with van der Waals surface area (Å²) in [5, 5.41) is 0. The molecule has 0 aromatic heterocycles. The average Bonchev–Trinajstić information content (AvgIpc) is 2.21. The highest BCUT2D eigenvalue weighted by atomic mass is 16.5. The molecule has 82 valence electrons. The van der Waals surface area contributed by atoms with Crippen LogP contribution in [0.15, 0.2) is 0 Å². The summed E-state index contributed by atoms with van der Waals surface area (Å²) in [6.07, 6.45) is 4.54. The number of likely N-dealkylation sites (tertiary alicyclic amines) is 1. The lowest BCUT2D eigenvalue weighted by Gasteiger charge is -2.37. The van der Waals surface area contributed by atoms with E-state index in [2.05, 4.69) is 11.8 Å². The van der Waals surface area contributed by atoms with Gasteiger partial charge < -0.3 is 4.74 Å². The molecule has 1 aliphatic heterocycles. The molecule has 0 aromatic rings. The normalized spacial score (nSPS) is 25.8. The van der Waals surface area contributed by atoms with E-state index in [0.29, 0.717) is 6.04 Å². The van der Waals surface area contributed by atoms with E-state index < -0.39 is 0 Å². The number of carbonyl (C=O) groups is 1. The van der Waals surface area contributed by atoms with Gasteiger partial charge in [-0.25, -0.2) is 0 Å². The number of nitrogens with zero attached hydrogens (tertiary/aromatic N) is 1. The van der Waals surface area contributed by atoms with E-state index in [1.54, 1.807) is 0 Å². The van der Waals surface area contributed by atoms with Crippen LogP contribution in [0.1, 0.15) is 39.5 Å². The van der Waals surface area contributed by atoms with E-state index in [9.17, 15) is 4.79 Å². The Hall–Kier alpha value is -0.570. The van der Waals surface area contributed by atoms with Crippen molar-refractivity contribution in [2.24, 2.45) is 0 Å². The Morgan fingerprint density at radius 3 is 2.79 bits per heavy atom. The van der Waals surface area contributed by atoms with Crippen LogP contribution in [0.25, 0.3) is 0 Å². The van der Waals surface area contributed by atoms with Gasteiger partial charge >= 0.3 is 5.97 Å². The van der Waals surface area contributed by atoms with Crippen LogP contribution in [0, 0.1) is 0 Å². The predicted molar refractivity (Wildman–Crippen MR) is 56.1 cm³/mol. The molecule has 14 heavy (non-hydrogen) atoms. The molecule has 3 heteroatoms. The van der Waals surface area contributed by atoms with Crippen molar-refractivity contribution in [1.29, 1.82) is 0 Å². The van der Waals surface area contributed by atoms with Crippen molar-refractivity contribution in [2.45, 2.75) is 51.6 Å². The molecule has 0 unspecified atom stereocenters. The van der Waals surface area contributed by atoms with Gasteiger partial charge in [0, 0.05) is 6.04 Å². The Kier molecular flexibility index (Phi) is 4.39. The molecule has 0 bridgehead atoms. The van der Waals surface area contributed by atoms with Gasteiger partial charge in [0.2, 0.25) is 0 Å². The first-order valence-electron chi connectivity index (χ1n) is 5.54. The van der Waals surface area contributed by atoms with Crippen LogP contribution in [0.3, 0.4) is 0 Å². The van der Waals surface area contributed by atoms with Crippen molar-refractivity contribution in [1.82, 2.24) is 4.90 Å². The molecule has 0 N–H and O–H groups in total. The smallest absolute Gasteiger partial charge is 0.323 e. The number of hydrogen-bond acceptors (Lipinski definition) is 3. The molecular weight excluding hydrogens is 178 g/mol. The maximum atomic E-state index is 11.5. The quantitative estimate of drug-likeness (QED) is 0.649. The second-order valence-corrected chi connectivity index (χ2v) is 4.03. The average molecular weight is 199 g/mol. The largest absolute Gasteiger partial charge is 0.468 e. The van der Waals surface area contributed by atoms with Crippen molar-refractivity contribution < 1.29 is 9.53 Å². The first kappa shape index (κ1) is 11.5. The zero-order valence-corrected chi connectivity index (χ0v) is 9.45. The lowest BCUT2D eigenvalue weighted by Crippen LogP contribution is -2.48. The van der Waals surface area contributed by atoms with Gasteiger partial charge in [-0.15, -0.1) is 0 Å². The van der Waals surface area contributed by atoms with Crippen LogP contribution >= 0.6 is 0 Å². The summed E-state index contributed by atoms with van der Waals surface area (Å²) < 4.78 is 4.82. The second-order valence-electron chi connectivity index (χ2n) is 4.03. The number of esters is 1. The third-order valence-corrected chi connectivity index (χ3v) is 3.11. The lowest BCUT2D eigenvalue weighted by molar-refractivity contribution is -0.148. The summed E-state index contributed by atoms with van der Waals surface area (Å²) in [6.45, 7) is 5.28. The third-order valence-electron chi connectivity index (χ3n) is 3.11. The van der Waals surface area contributed by atoms with Gasteiger partial charge in [0.15, 0.2) is 0 Å². The minimum absolute atomic E-state index is 0.0321. The molecule has 1 aliphatic rings. The first-order valence-corrected chi connectivity index (χ1v) is 5.54. The van der Waals surface area contributed by atoms with Crippen molar-refractivity contribution in [3.8, 4) is 0 Å². The SMILES string of the molecule is CC[C@H](C(=O)OC)N1CCCC[C@H]1C. The van der Waals surface area contributed by atoms with Crippen LogP contribution in [0.4, 0.5) is 0 Å². The minimum atomic E-state index is -0.0822. The number of rotatable bonds is 3. The zero-order chi connectivity index (χ0) is 10.6. The molecule has 0 spiro atoms. The number of ether oxygens (including phenoxy) is 1. The van der Waals surface area contributed by atoms with Crippen molar-refractivity contribution in [2.75, 3.05) is 13.7 Å². The van der Waals surface area contributed by atoms with E-state index >= 15 is 0 Å². The Bertz CT molecular complexity index is 194. The Morgan fingerprint density at radius 1 is 1.57 bits per heavy atom. The van der Waals surface area contributed by atoms with Gasteiger partial charge in [-0.3, -0.25) is 9.69 Å². The van der Waals surface area contributed by atoms with E-state index in [1.807, 2.05) is 6.92 Å². The summed E-state index contributed by atoms with van der Waals surface area (Å²) in [6, 6.07) is 0.489. The highest BCUT2D eigenvalue weighted by molar-refractivity contribution is 5.75. The molecule has 0 saturated carbocycles.